The molecule has 2 nitrogen and oxygen atoms in total. The van der Waals surface area contributed by atoms with Crippen molar-refractivity contribution in [3.8, 4) is 44.8 Å². The predicted octanol–water partition coefficient (Wildman–Crippen LogP) is 15.5. The van der Waals surface area contributed by atoms with Gasteiger partial charge < -0.3 is 9.13 Å². The van der Waals surface area contributed by atoms with E-state index in [1.54, 1.807) is 0 Å². The fraction of sp³-hybridized carbons (Fsp3) is 0.0175. The van der Waals surface area contributed by atoms with E-state index in [9.17, 15) is 0 Å². The Labute approximate surface area is 342 Å². The first-order valence-electron chi connectivity index (χ1n) is 20.4. The van der Waals surface area contributed by atoms with Crippen molar-refractivity contribution in [3.63, 3.8) is 0 Å². The van der Waals surface area contributed by atoms with Gasteiger partial charge in [0.25, 0.3) is 0 Å². The summed E-state index contributed by atoms with van der Waals surface area (Å²) in [4.78, 5) is 0. The normalized spacial score (nSPS) is 11.8. The topological polar surface area (TPSA) is 9.86 Å². The standard InChI is InChI=1S/C57H38N2/c1-37-23-29-42(30-24-37)58-52-21-11-9-15-44(52)50-35-40(27-33-54(50)58)41-28-34-55-51(36-41)45-16-10-12-22-53(45)59(55)43-31-25-39(26-32-43)57-48-19-7-5-17-46(48)56(38-13-3-2-4-14-38)47-18-6-8-20-49(47)57/h2-36H,1H3. The maximum atomic E-state index is 2.42. The van der Waals surface area contributed by atoms with E-state index in [0.717, 1.165) is 5.69 Å². The molecule has 59 heavy (non-hydrogen) atoms. The average molecular weight is 751 g/mol. The maximum Gasteiger partial charge on any atom is 0.0541 e. The Bertz CT molecular complexity index is 3530. The third-order valence-electron chi connectivity index (χ3n) is 12.4. The fourth-order valence-corrected chi connectivity index (χ4v) is 9.69. The van der Waals surface area contributed by atoms with Crippen LogP contribution in [0.5, 0.6) is 0 Å². The van der Waals surface area contributed by atoms with Crippen LogP contribution in [-0.2, 0) is 0 Å². The van der Waals surface area contributed by atoms with E-state index < -0.39 is 0 Å². The Morgan fingerprint density at radius 3 is 1.05 bits per heavy atom. The highest BCUT2D eigenvalue weighted by molar-refractivity contribution is 6.21. The summed E-state index contributed by atoms with van der Waals surface area (Å²) < 4.78 is 4.81. The van der Waals surface area contributed by atoms with Crippen molar-refractivity contribution in [2.45, 2.75) is 6.92 Å². The SMILES string of the molecule is Cc1ccc(-n2c3ccccc3c3cc(-c4ccc5c(c4)c4ccccc4n5-c4ccc(-c5c6ccccc6c(-c6ccccc6)c6ccccc56)cc4)ccc32)cc1. The van der Waals surface area contributed by atoms with E-state index in [2.05, 4.69) is 228 Å². The molecule has 0 N–H and O–H groups in total. The van der Waals surface area contributed by atoms with Crippen molar-refractivity contribution in [1.82, 2.24) is 9.13 Å². The van der Waals surface area contributed by atoms with Gasteiger partial charge in [0.05, 0.1) is 22.1 Å². The largest absolute Gasteiger partial charge is 0.309 e. The Morgan fingerprint density at radius 2 is 0.593 bits per heavy atom. The van der Waals surface area contributed by atoms with Crippen molar-refractivity contribution < 1.29 is 0 Å². The number of hydrogen-bond donors (Lipinski definition) is 0. The van der Waals surface area contributed by atoms with Gasteiger partial charge in [0.1, 0.15) is 0 Å². The lowest BCUT2D eigenvalue weighted by Crippen LogP contribution is -1.95. The molecule has 12 rings (SSSR count). The van der Waals surface area contributed by atoms with E-state index in [-0.39, 0.29) is 0 Å². The van der Waals surface area contributed by atoms with Gasteiger partial charge in [-0.15, -0.1) is 0 Å². The van der Waals surface area contributed by atoms with Gasteiger partial charge in [0.2, 0.25) is 0 Å². The van der Waals surface area contributed by atoms with Gasteiger partial charge in [-0.05, 0) is 123 Å². The van der Waals surface area contributed by atoms with Gasteiger partial charge in [-0.1, -0.05) is 157 Å². The van der Waals surface area contributed by atoms with Crippen LogP contribution < -0.4 is 0 Å². The van der Waals surface area contributed by atoms with Crippen LogP contribution in [0, 0.1) is 6.92 Å². The zero-order valence-electron chi connectivity index (χ0n) is 32.6. The van der Waals surface area contributed by atoms with Crippen LogP contribution in [0.15, 0.2) is 212 Å². The third kappa shape index (κ3) is 5.20. The number of aryl methyl sites for hydroxylation is 1. The summed E-state index contributed by atoms with van der Waals surface area (Å²) in [7, 11) is 0. The Hall–Kier alpha value is -7.68. The molecule has 0 bridgehead atoms. The molecule has 0 radical (unpaired) electrons. The molecule has 0 unspecified atom stereocenters. The zero-order chi connectivity index (χ0) is 39.0. The Balaban J connectivity index is 0.987. The van der Waals surface area contributed by atoms with Crippen LogP contribution in [0.3, 0.4) is 0 Å². The molecule has 0 aliphatic rings. The second-order valence-corrected chi connectivity index (χ2v) is 15.8. The fourth-order valence-electron chi connectivity index (χ4n) is 9.69. The van der Waals surface area contributed by atoms with E-state index in [4.69, 9.17) is 0 Å². The summed E-state index contributed by atoms with van der Waals surface area (Å²) in [5.41, 5.74) is 15.9. The average Bonchev–Trinajstić information content (AvgIpc) is 3.81. The highest BCUT2D eigenvalue weighted by Crippen LogP contribution is 2.44. The second kappa shape index (κ2) is 13.2. The van der Waals surface area contributed by atoms with Crippen molar-refractivity contribution in [2.24, 2.45) is 0 Å². The molecule has 2 heteroatoms. The molecule has 0 fully saturated rings. The van der Waals surface area contributed by atoms with Crippen LogP contribution >= 0.6 is 0 Å². The first kappa shape index (κ1) is 33.5. The lowest BCUT2D eigenvalue weighted by atomic mass is 9.86. The predicted molar refractivity (Wildman–Crippen MR) is 251 cm³/mol. The smallest absolute Gasteiger partial charge is 0.0541 e. The number of fused-ring (bicyclic) bond motifs is 8. The molecule has 2 heterocycles. The molecule has 0 spiro atoms. The summed E-state index contributed by atoms with van der Waals surface area (Å²) in [6.45, 7) is 2.14. The van der Waals surface area contributed by atoms with Crippen LogP contribution in [0.4, 0.5) is 0 Å². The number of nitrogens with zero attached hydrogens (tertiary/aromatic N) is 2. The lowest BCUT2D eigenvalue weighted by Gasteiger charge is -2.18. The number of hydrogen-bond acceptors (Lipinski definition) is 0. The summed E-state index contributed by atoms with van der Waals surface area (Å²) in [6.07, 6.45) is 0. The first-order valence-corrected chi connectivity index (χ1v) is 20.4. The monoisotopic (exact) mass is 750 g/mol. The highest BCUT2D eigenvalue weighted by Gasteiger charge is 2.19. The number of para-hydroxylation sites is 2. The van der Waals surface area contributed by atoms with E-state index in [1.165, 1.54) is 110 Å². The van der Waals surface area contributed by atoms with Crippen LogP contribution in [0.1, 0.15) is 5.56 Å². The number of rotatable bonds is 5. The Kier molecular flexibility index (Phi) is 7.48. The van der Waals surface area contributed by atoms with Crippen molar-refractivity contribution >= 4 is 65.2 Å². The Morgan fingerprint density at radius 1 is 0.254 bits per heavy atom. The summed E-state index contributed by atoms with van der Waals surface area (Å²) in [5, 5.41) is 10.1. The summed E-state index contributed by atoms with van der Waals surface area (Å²) >= 11 is 0. The van der Waals surface area contributed by atoms with E-state index in [0.29, 0.717) is 0 Å². The molecule has 0 saturated heterocycles. The summed E-state index contributed by atoms with van der Waals surface area (Å²) in [5.74, 6) is 0. The molecule has 0 amide bonds. The molecule has 10 aromatic carbocycles. The van der Waals surface area contributed by atoms with Crippen molar-refractivity contribution in [3.05, 3.63) is 218 Å². The van der Waals surface area contributed by atoms with E-state index >= 15 is 0 Å². The molecule has 0 atom stereocenters. The van der Waals surface area contributed by atoms with Gasteiger partial charge in [0, 0.05) is 32.9 Å². The maximum absolute atomic E-state index is 2.42. The van der Waals surface area contributed by atoms with Gasteiger partial charge >= 0.3 is 0 Å². The third-order valence-corrected chi connectivity index (χ3v) is 12.4. The molecule has 0 aliphatic carbocycles. The van der Waals surface area contributed by atoms with Gasteiger partial charge in [-0.2, -0.15) is 0 Å². The van der Waals surface area contributed by atoms with Crippen molar-refractivity contribution in [1.29, 1.82) is 0 Å². The van der Waals surface area contributed by atoms with Gasteiger partial charge in [-0.3, -0.25) is 0 Å². The molecule has 12 aromatic rings. The lowest BCUT2D eigenvalue weighted by molar-refractivity contribution is 1.17. The molecular weight excluding hydrogens is 713 g/mol. The molecule has 2 aromatic heterocycles. The molecule has 276 valence electrons. The molecule has 0 aliphatic heterocycles. The van der Waals surface area contributed by atoms with E-state index in [1.807, 2.05) is 0 Å². The van der Waals surface area contributed by atoms with Gasteiger partial charge in [-0.25, -0.2) is 0 Å². The van der Waals surface area contributed by atoms with Crippen LogP contribution in [0.2, 0.25) is 0 Å². The second-order valence-electron chi connectivity index (χ2n) is 15.8. The quantitative estimate of drug-likeness (QED) is 0.155. The zero-order valence-corrected chi connectivity index (χ0v) is 32.6. The summed E-state index contributed by atoms with van der Waals surface area (Å²) in [6, 6.07) is 78.1. The first-order chi connectivity index (χ1) is 29.2. The highest BCUT2D eigenvalue weighted by atomic mass is 15.0. The van der Waals surface area contributed by atoms with Gasteiger partial charge in [0.15, 0.2) is 0 Å². The molecular formula is C57H38N2. The minimum atomic E-state index is 1.15. The minimum Gasteiger partial charge on any atom is -0.309 e. The van der Waals surface area contributed by atoms with Crippen molar-refractivity contribution in [2.75, 3.05) is 0 Å². The minimum absolute atomic E-state index is 1.15. The molecule has 0 saturated carbocycles. The number of aromatic nitrogens is 2. The number of benzene rings is 10. The van der Waals surface area contributed by atoms with Crippen LogP contribution in [0.25, 0.3) is 110 Å². The van der Waals surface area contributed by atoms with Crippen LogP contribution in [-0.4, -0.2) is 9.13 Å².